The monoisotopic (exact) mass is 333 g/mol. The van der Waals surface area contributed by atoms with Crippen molar-refractivity contribution < 1.29 is 18.0 Å². The molecule has 116 valence electrons. The summed E-state index contributed by atoms with van der Waals surface area (Å²) < 4.78 is 23.2. The van der Waals surface area contributed by atoms with Crippen LogP contribution in [0.15, 0.2) is 29.4 Å². The molecule has 1 aromatic carbocycles. The van der Waals surface area contributed by atoms with E-state index in [1.165, 1.54) is 13.8 Å². The van der Waals surface area contributed by atoms with Gasteiger partial charge in [0, 0.05) is 10.7 Å². The summed E-state index contributed by atoms with van der Waals surface area (Å²) in [5, 5.41) is 5.60. The molecule has 0 aliphatic carbocycles. The van der Waals surface area contributed by atoms with E-state index in [1.54, 1.807) is 24.3 Å². The molecule has 3 N–H and O–H groups in total. The summed E-state index contributed by atoms with van der Waals surface area (Å²) in [5.41, 5.74) is 5.86. The molecule has 0 aliphatic heterocycles. The maximum absolute atomic E-state index is 11.6. The zero-order chi connectivity index (χ0) is 16.0. The van der Waals surface area contributed by atoms with Crippen LogP contribution >= 0.6 is 11.6 Å². The van der Waals surface area contributed by atoms with Crippen LogP contribution in [0.3, 0.4) is 0 Å². The van der Waals surface area contributed by atoms with Crippen molar-refractivity contribution in [3.8, 4) is 0 Å². The van der Waals surface area contributed by atoms with Gasteiger partial charge in [-0.2, -0.15) is 0 Å². The normalized spacial score (nSPS) is 12.3. The first-order valence-electron chi connectivity index (χ1n) is 5.98. The smallest absolute Gasteiger partial charge is 0.384 e. The van der Waals surface area contributed by atoms with Crippen molar-refractivity contribution in [2.24, 2.45) is 10.9 Å². The van der Waals surface area contributed by atoms with E-state index in [-0.39, 0.29) is 5.84 Å². The predicted molar refractivity (Wildman–Crippen MR) is 82.1 cm³/mol. The maximum Gasteiger partial charge on any atom is 0.437 e. The van der Waals surface area contributed by atoms with Gasteiger partial charge in [0.05, 0.1) is 5.25 Å². The van der Waals surface area contributed by atoms with Gasteiger partial charge in [0.15, 0.2) is 15.7 Å². The van der Waals surface area contributed by atoms with Crippen molar-refractivity contribution in [2.45, 2.75) is 19.1 Å². The molecule has 1 amide bonds. The molecule has 7 nitrogen and oxygen atoms in total. The van der Waals surface area contributed by atoms with E-state index in [0.29, 0.717) is 10.7 Å². The van der Waals surface area contributed by atoms with Gasteiger partial charge in [-0.1, -0.05) is 16.8 Å². The molecule has 0 aliphatic rings. The largest absolute Gasteiger partial charge is 0.437 e. The first-order chi connectivity index (χ1) is 9.70. The van der Waals surface area contributed by atoms with Crippen molar-refractivity contribution in [3.05, 3.63) is 29.3 Å². The number of sulfone groups is 1. The van der Waals surface area contributed by atoms with Crippen molar-refractivity contribution in [1.29, 1.82) is 0 Å². The van der Waals surface area contributed by atoms with Crippen LogP contribution < -0.4 is 11.1 Å². The van der Waals surface area contributed by atoms with E-state index in [9.17, 15) is 13.2 Å². The molecule has 0 saturated carbocycles. The molecule has 0 heterocycles. The number of halogens is 1. The Morgan fingerprint density at radius 2 is 1.95 bits per heavy atom. The van der Waals surface area contributed by atoms with Crippen molar-refractivity contribution in [2.75, 3.05) is 11.1 Å². The lowest BCUT2D eigenvalue weighted by atomic mass is 10.3. The Morgan fingerprint density at radius 1 is 1.38 bits per heavy atom. The lowest BCUT2D eigenvalue weighted by molar-refractivity contribution is 0.166. The van der Waals surface area contributed by atoms with E-state index < -0.39 is 26.9 Å². The third-order valence-electron chi connectivity index (χ3n) is 2.40. The van der Waals surface area contributed by atoms with Gasteiger partial charge < -0.3 is 5.73 Å². The minimum atomic E-state index is -3.39. The number of oxime groups is 1. The highest BCUT2D eigenvalue weighted by molar-refractivity contribution is 7.92. The third-order valence-corrected chi connectivity index (χ3v) is 4.79. The molecule has 1 rings (SSSR count). The Hall–Kier alpha value is -1.80. The topological polar surface area (TPSA) is 111 Å². The van der Waals surface area contributed by atoms with Crippen LogP contribution in [0.25, 0.3) is 0 Å². The van der Waals surface area contributed by atoms with Crippen LogP contribution in [-0.2, 0) is 14.7 Å². The van der Waals surface area contributed by atoms with Crippen molar-refractivity contribution in [1.82, 2.24) is 0 Å². The summed E-state index contributed by atoms with van der Waals surface area (Å²) in [5.74, 6) is -0.770. The number of rotatable bonds is 5. The number of benzene rings is 1. The average molecular weight is 334 g/mol. The van der Waals surface area contributed by atoms with Gasteiger partial charge in [-0.25, -0.2) is 13.2 Å². The number of hydrogen-bond donors (Lipinski definition) is 2. The lowest BCUT2D eigenvalue weighted by Crippen LogP contribution is -2.29. The number of nitrogens with one attached hydrogen (secondary N) is 1. The fraction of sp³-hybridized carbons (Fsp3) is 0.333. The molecule has 21 heavy (non-hydrogen) atoms. The minimum Gasteiger partial charge on any atom is -0.384 e. The Balaban J connectivity index is 2.55. The number of anilines is 1. The molecular formula is C12H16ClN3O4S. The summed E-state index contributed by atoms with van der Waals surface area (Å²) in [6.07, 6.45) is -0.887. The van der Waals surface area contributed by atoms with Gasteiger partial charge in [-0.3, -0.25) is 10.2 Å². The van der Waals surface area contributed by atoms with Crippen LogP contribution in [0.1, 0.15) is 13.8 Å². The predicted octanol–water partition coefficient (Wildman–Crippen LogP) is 1.98. The molecule has 0 unspecified atom stereocenters. The van der Waals surface area contributed by atoms with Gasteiger partial charge in [-0.15, -0.1) is 0 Å². The number of amides is 1. The molecule has 9 heteroatoms. The van der Waals surface area contributed by atoms with Gasteiger partial charge >= 0.3 is 6.09 Å². The zero-order valence-corrected chi connectivity index (χ0v) is 13.1. The second-order valence-electron chi connectivity index (χ2n) is 4.45. The van der Waals surface area contributed by atoms with E-state index in [1.807, 2.05) is 0 Å². The van der Waals surface area contributed by atoms with Crippen LogP contribution in [0.5, 0.6) is 0 Å². The van der Waals surface area contributed by atoms with Crippen LogP contribution in [0.2, 0.25) is 5.02 Å². The Labute approximate surface area is 128 Å². The average Bonchev–Trinajstić information content (AvgIpc) is 2.38. The van der Waals surface area contributed by atoms with E-state index in [4.69, 9.17) is 17.3 Å². The Kier molecular flexibility index (Phi) is 5.98. The molecule has 0 aromatic heterocycles. The SMILES string of the molecule is CC(C)S(=O)(=O)C/C(N)=N/OC(=O)Nc1ccc(Cl)cc1. The molecule has 0 spiro atoms. The molecular weight excluding hydrogens is 318 g/mol. The molecule has 0 saturated heterocycles. The Bertz CT molecular complexity index is 626. The van der Waals surface area contributed by atoms with Crippen LogP contribution in [0, 0.1) is 0 Å². The fourth-order valence-electron chi connectivity index (χ4n) is 1.17. The van der Waals surface area contributed by atoms with E-state index in [2.05, 4.69) is 15.3 Å². The van der Waals surface area contributed by atoms with Gasteiger partial charge in [0.2, 0.25) is 0 Å². The number of carbonyl (C=O) groups excluding carboxylic acids is 1. The molecule has 0 atom stereocenters. The highest BCUT2D eigenvalue weighted by Crippen LogP contribution is 2.13. The third kappa shape index (κ3) is 6.01. The van der Waals surface area contributed by atoms with Gasteiger partial charge in [0.1, 0.15) is 5.75 Å². The second kappa shape index (κ2) is 7.28. The second-order valence-corrected chi connectivity index (χ2v) is 7.44. The number of carbonyl (C=O) groups is 1. The molecule has 0 radical (unpaired) electrons. The van der Waals surface area contributed by atoms with Gasteiger partial charge in [0.25, 0.3) is 0 Å². The number of nitrogens with zero attached hydrogens (tertiary/aromatic N) is 1. The van der Waals surface area contributed by atoms with E-state index in [0.717, 1.165) is 0 Å². The molecule has 0 bridgehead atoms. The van der Waals surface area contributed by atoms with Crippen molar-refractivity contribution >= 4 is 39.1 Å². The fourth-order valence-corrected chi connectivity index (χ4v) is 2.10. The van der Waals surface area contributed by atoms with Crippen LogP contribution in [-0.4, -0.2) is 31.3 Å². The van der Waals surface area contributed by atoms with Crippen LogP contribution in [0.4, 0.5) is 10.5 Å². The number of amidine groups is 1. The summed E-state index contributed by atoms with van der Waals surface area (Å²) >= 11 is 5.70. The van der Waals surface area contributed by atoms with E-state index >= 15 is 0 Å². The van der Waals surface area contributed by atoms with Crippen molar-refractivity contribution in [3.63, 3.8) is 0 Å². The zero-order valence-electron chi connectivity index (χ0n) is 11.5. The quantitative estimate of drug-likeness (QED) is 0.370. The summed E-state index contributed by atoms with van der Waals surface area (Å²) in [4.78, 5) is 15.9. The summed E-state index contributed by atoms with van der Waals surface area (Å²) in [6, 6.07) is 6.31. The molecule has 1 aromatic rings. The number of hydrogen-bond acceptors (Lipinski definition) is 5. The molecule has 0 fully saturated rings. The summed E-state index contributed by atoms with van der Waals surface area (Å²) in [7, 11) is -3.39. The van der Waals surface area contributed by atoms with Gasteiger partial charge in [-0.05, 0) is 38.1 Å². The first-order valence-corrected chi connectivity index (χ1v) is 8.07. The summed E-state index contributed by atoms with van der Waals surface area (Å²) in [6.45, 7) is 3.05. The maximum atomic E-state index is 11.6. The standard InChI is InChI=1S/C12H16ClN3O4S/c1-8(2)21(18,19)7-11(14)16-20-12(17)15-10-5-3-9(13)4-6-10/h3-6,8H,7H2,1-2H3,(H2,14,16)(H,15,17). The highest BCUT2D eigenvalue weighted by Gasteiger charge is 2.18. The lowest BCUT2D eigenvalue weighted by Gasteiger charge is -2.06. The number of nitrogens with two attached hydrogens (primary N) is 1. The Morgan fingerprint density at radius 3 is 2.48 bits per heavy atom. The first kappa shape index (κ1) is 17.3. The highest BCUT2D eigenvalue weighted by atomic mass is 35.5. The minimum absolute atomic E-state index is 0.296.